The molecular formula is C10H19NO6S. The van der Waals surface area contributed by atoms with Crippen molar-refractivity contribution in [2.24, 2.45) is 5.92 Å². The van der Waals surface area contributed by atoms with Crippen LogP contribution < -0.4 is 5.32 Å². The molecule has 1 fully saturated rings. The zero-order valence-corrected chi connectivity index (χ0v) is 10.8. The maximum Gasteiger partial charge on any atom is 0.224 e. The van der Waals surface area contributed by atoms with Gasteiger partial charge in [-0.05, 0) is 0 Å². The van der Waals surface area contributed by atoms with E-state index in [9.17, 15) is 20.1 Å². The van der Waals surface area contributed by atoms with Crippen molar-refractivity contribution in [3.63, 3.8) is 0 Å². The van der Waals surface area contributed by atoms with E-state index in [-0.39, 0.29) is 0 Å². The summed E-state index contributed by atoms with van der Waals surface area (Å²) in [5.41, 5.74) is 0. The van der Waals surface area contributed by atoms with Gasteiger partial charge in [0.1, 0.15) is 24.4 Å². The minimum absolute atomic E-state index is 0.313. The predicted molar refractivity (Wildman–Crippen MR) is 64.9 cm³/mol. The van der Waals surface area contributed by atoms with Crippen molar-refractivity contribution in [1.29, 1.82) is 0 Å². The topological polar surface area (TPSA) is 119 Å². The van der Waals surface area contributed by atoms with Crippen molar-refractivity contribution >= 4 is 18.5 Å². The van der Waals surface area contributed by atoms with E-state index in [0.29, 0.717) is 5.75 Å². The third-order valence-electron chi connectivity index (χ3n) is 2.93. The summed E-state index contributed by atoms with van der Waals surface area (Å²) in [7, 11) is 0. The van der Waals surface area contributed by atoms with Gasteiger partial charge in [0.2, 0.25) is 5.91 Å². The Bertz CT molecular complexity index is 292. The second-order valence-electron chi connectivity index (χ2n) is 4.35. The van der Waals surface area contributed by atoms with Gasteiger partial charge in [-0.2, -0.15) is 12.6 Å². The Morgan fingerprint density at radius 1 is 1.39 bits per heavy atom. The number of nitrogens with one attached hydrogen (secondary N) is 1. The first kappa shape index (κ1) is 15.7. The molecule has 7 nitrogen and oxygen atoms in total. The molecular weight excluding hydrogens is 262 g/mol. The highest BCUT2D eigenvalue weighted by molar-refractivity contribution is 7.80. The number of hydrogen-bond acceptors (Lipinski definition) is 7. The van der Waals surface area contributed by atoms with E-state index in [1.807, 2.05) is 0 Å². The normalized spacial score (nSPS) is 38.2. The zero-order valence-electron chi connectivity index (χ0n) is 9.93. The van der Waals surface area contributed by atoms with Crippen molar-refractivity contribution in [3.8, 4) is 0 Å². The third kappa shape index (κ3) is 3.34. The summed E-state index contributed by atoms with van der Waals surface area (Å²) in [4.78, 5) is 11.6. The second kappa shape index (κ2) is 6.69. The second-order valence-corrected chi connectivity index (χ2v) is 4.71. The summed E-state index contributed by atoms with van der Waals surface area (Å²) in [5.74, 6) is -0.500. The van der Waals surface area contributed by atoms with Gasteiger partial charge < -0.3 is 30.5 Å². The minimum atomic E-state index is -1.49. The summed E-state index contributed by atoms with van der Waals surface area (Å²) in [5, 5.41) is 40.3. The first-order chi connectivity index (χ1) is 8.42. The Morgan fingerprint density at radius 2 is 2.00 bits per heavy atom. The predicted octanol–water partition coefficient (Wildman–Crippen LogP) is -2.53. The van der Waals surface area contributed by atoms with E-state index in [0.717, 1.165) is 0 Å². The summed E-state index contributed by atoms with van der Waals surface area (Å²) in [6.07, 6.45) is -5.36. The van der Waals surface area contributed by atoms with E-state index in [1.54, 1.807) is 6.92 Å². The number of thiol groups is 1. The number of carbonyl (C=O) groups is 1. The molecule has 0 aromatic heterocycles. The fourth-order valence-corrected chi connectivity index (χ4v) is 1.81. The van der Waals surface area contributed by atoms with E-state index >= 15 is 0 Å². The number of aliphatic hydroxyl groups excluding tert-OH is 4. The smallest absolute Gasteiger partial charge is 0.224 e. The summed E-state index contributed by atoms with van der Waals surface area (Å²) < 4.78 is 4.91. The lowest BCUT2D eigenvalue weighted by molar-refractivity contribution is -0.254. The van der Waals surface area contributed by atoms with Crippen molar-refractivity contribution in [3.05, 3.63) is 0 Å². The molecule has 0 radical (unpaired) electrons. The van der Waals surface area contributed by atoms with Crippen LogP contribution in [0.5, 0.6) is 0 Å². The SMILES string of the molecule is CC(CS)C(=O)NC1C(O)OC(CO)[C@@H](O)[C@@H]1O. The molecule has 6 atom stereocenters. The summed E-state index contributed by atoms with van der Waals surface area (Å²) in [6, 6.07) is -1.14. The van der Waals surface area contributed by atoms with Crippen LogP contribution in [0.15, 0.2) is 0 Å². The molecule has 1 aliphatic rings. The molecule has 0 aromatic carbocycles. The third-order valence-corrected chi connectivity index (χ3v) is 3.48. The zero-order chi connectivity index (χ0) is 13.9. The molecule has 106 valence electrons. The van der Waals surface area contributed by atoms with Gasteiger partial charge >= 0.3 is 0 Å². The van der Waals surface area contributed by atoms with Crippen LogP contribution in [0.1, 0.15) is 6.92 Å². The van der Waals surface area contributed by atoms with Crippen LogP contribution in [0.3, 0.4) is 0 Å². The van der Waals surface area contributed by atoms with Crippen LogP contribution in [0.4, 0.5) is 0 Å². The monoisotopic (exact) mass is 281 g/mol. The van der Waals surface area contributed by atoms with E-state index in [1.165, 1.54) is 0 Å². The van der Waals surface area contributed by atoms with Gasteiger partial charge in [-0.1, -0.05) is 6.92 Å². The number of carbonyl (C=O) groups excluding carboxylic acids is 1. The van der Waals surface area contributed by atoms with Crippen molar-refractivity contribution < 1.29 is 30.0 Å². The van der Waals surface area contributed by atoms with Gasteiger partial charge in [0.05, 0.1) is 6.61 Å². The molecule has 8 heteroatoms. The Morgan fingerprint density at radius 3 is 2.50 bits per heavy atom. The van der Waals surface area contributed by atoms with Crippen molar-refractivity contribution in [2.45, 2.75) is 37.6 Å². The Balaban J connectivity index is 2.68. The van der Waals surface area contributed by atoms with E-state index in [2.05, 4.69) is 17.9 Å². The molecule has 0 bridgehead atoms. The Kier molecular flexibility index (Phi) is 5.83. The molecule has 18 heavy (non-hydrogen) atoms. The van der Waals surface area contributed by atoms with Gasteiger partial charge in [-0.25, -0.2) is 0 Å². The lowest BCUT2D eigenvalue weighted by atomic mass is 9.96. The van der Waals surface area contributed by atoms with Crippen LogP contribution in [0.25, 0.3) is 0 Å². The lowest BCUT2D eigenvalue weighted by Crippen LogP contribution is -2.64. The van der Waals surface area contributed by atoms with Crippen molar-refractivity contribution in [2.75, 3.05) is 12.4 Å². The summed E-state index contributed by atoms with van der Waals surface area (Å²) >= 11 is 3.97. The van der Waals surface area contributed by atoms with Crippen LogP contribution >= 0.6 is 12.6 Å². The molecule has 4 unspecified atom stereocenters. The van der Waals surface area contributed by atoms with E-state index < -0.39 is 49.1 Å². The van der Waals surface area contributed by atoms with Crippen LogP contribution in [0, 0.1) is 5.92 Å². The standard InChI is InChI=1S/C10H19NO6S/c1-4(3-18)9(15)11-6-8(14)7(13)5(2-12)17-10(6)16/h4-8,10,12-14,16,18H,2-3H2,1H3,(H,11,15)/t4?,5?,6?,7-,8-,10?/m1/s1. The lowest BCUT2D eigenvalue weighted by Gasteiger charge is -2.40. The Labute approximate surface area is 110 Å². The van der Waals surface area contributed by atoms with E-state index in [4.69, 9.17) is 9.84 Å². The van der Waals surface area contributed by atoms with Crippen LogP contribution in [-0.4, -0.2) is 69.3 Å². The molecule has 0 spiro atoms. The molecule has 1 saturated heterocycles. The number of rotatable bonds is 4. The molecule has 0 aromatic rings. The van der Waals surface area contributed by atoms with Crippen molar-refractivity contribution in [1.82, 2.24) is 5.32 Å². The van der Waals surface area contributed by atoms with Gasteiger partial charge in [0, 0.05) is 11.7 Å². The first-order valence-electron chi connectivity index (χ1n) is 5.64. The average Bonchev–Trinajstić information content (AvgIpc) is 2.37. The highest BCUT2D eigenvalue weighted by atomic mass is 32.1. The minimum Gasteiger partial charge on any atom is -0.394 e. The van der Waals surface area contributed by atoms with Crippen LogP contribution in [-0.2, 0) is 9.53 Å². The molecule has 0 aliphatic carbocycles. The van der Waals surface area contributed by atoms with Gasteiger partial charge in [-0.3, -0.25) is 4.79 Å². The molecule has 0 saturated carbocycles. The number of ether oxygens (including phenoxy) is 1. The molecule has 1 heterocycles. The number of amides is 1. The van der Waals surface area contributed by atoms with Gasteiger partial charge in [-0.15, -0.1) is 0 Å². The fourth-order valence-electron chi connectivity index (χ4n) is 1.64. The highest BCUT2D eigenvalue weighted by Crippen LogP contribution is 2.20. The highest BCUT2D eigenvalue weighted by Gasteiger charge is 2.44. The maximum absolute atomic E-state index is 11.6. The molecule has 1 rings (SSSR count). The number of hydrogen-bond donors (Lipinski definition) is 6. The summed E-state index contributed by atoms with van der Waals surface area (Å²) in [6.45, 7) is 1.10. The fraction of sp³-hybridized carbons (Fsp3) is 0.900. The van der Waals surface area contributed by atoms with Gasteiger partial charge in [0.25, 0.3) is 0 Å². The molecule has 1 amide bonds. The average molecular weight is 281 g/mol. The van der Waals surface area contributed by atoms with Crippen LogP contribution in [0.2, 0.25) is 0 Å². The Hall–Kier alpha value is -0.380. The first-order valence-corrected chi connectivity index (χ1v) is 6.27. The largest absolute Gasteiger partial charge is 0.394 e. The molecule has 1 aliphatic heterocycles. The molecule has 5 N–H and O–H groups in total. The van der Waals surface area contributed by atoms with Gasteiger partial charge in [0.15, 0.2) is 6.29 Å². The maximum atomic E-state index is 11.6. The number of aliphatic hydroxyl groups is 4. The quantitative estimate of drug-likeness (QED) is 0.316.